The van der Waals surface area contributed by atoms with Crippen molar-refractivity contribution in [2.75, 3.05) is 6.61 Å². The van der Waals surface area contributed by atoms with Crippen molar-refractivity contribution in [3.63, 3.8) is 0 Å². The van der Waals surface area contributed by atoms with E-state index in [-0.39, 0.29) is 20.7 Å². The van der Waals surface area contributed by atoms with Crippen LogP contribution < -0.4 is 4.74 Å². The first-order valence-corrected chi connectivity index (χ1v) is 12.6. The van der Waals surface area contributed by atoms with Gasteiger partial charge in [-0.15, -0.1) is 0 Å². The second kappa shape index (κ2) is 12.8. The van der Waals surface area contributed by atoms with Crippen LogP contribution in [0.15, 0.2) is 54.9 Å². The van der Waals surface area contributed by atoms with Crippen LogP contribution in [0.2, 0.25) is 0 Å². The number of nitrogens with zero attached hydrogens (tertiary/aromatic N) is 1. The summed E-state index contributed by atoms with van der Waals surface area (Å²) in [7, 11) is -0.345. The lowest BCUT2D eigenvalue weighted by Gasteiger charge is -2.24. The highest BCUT2D eigenvalue weighted by Crippen LogP contribution is 2.30. The van der Waals surface area contributed by atoms with Crippen LogP contribution in [0.1, 0.15) is 72.6 Å². The molecule has 0 spiro atoms. The van der Waals surface area contributed by atoms with Gasteiger partial charge in [-0.05, 0) is 90.8 Å². The second-order valence-electron chi connectivity index (χ2n) is 9.05. The van der Waals surface area contributed by atoms with Gasteiger partial charge in [0.15, 0.2) is 6.29 Å². The zero-order valence-corrected chi connectivity index (χ0v) is 21.9. The maximum atomic E-state index is 10.6. The first-order valence-electron chi connectivity index (χ1n) is 11.9. The summed E-state index contributed by atoms with van der Waals surface area (Å²) in [6.45, 7) is 10.5. The number of aromatic hydroxyl groups is 1. The number of hydrogen-bond acceptors (Lipinski definition) is 6. The van der Waals surface area contributed by atoms with Gasteiger partial charge in [0, 0.05) is 18.8 Å². The third-order valence-electron chi connectivity index (χ3n) is 6.00. The molecule has 35 heavy (non-hydrogen) atoms. The maximum Gasteiger partial charge on any atom is 0.327 e. The zero-order valence-electron chi connectivity index (χ0n) is 21.0. The summed E-state index contributed by atoms with van der Waals surface area (Å²) in [4.78, 5) is 4.17. The molecule has 0 saturated carbocycles. The number of pyridine rings is 1. The molecule has 0 fully saturated rings. The molecular formula is C28H34NO5P. The smallest absolute Gasteiger partial charge is 0.327 e. The molecule has 0 unspecified atom stereocenters. The number of phenols is 1. The Morgan fingerprint density at radius 2 is 1.80 bits per heavy atom. The Bertz CT molecular complexity index is 1100. The minimum atomic E-state index is -0.514. The third-order valence-corrected chi connectivity index (χ3v) is 6.29. The molecule has 7 heteroatoms. The summed E-state index contributed by atoms with van der Waals surface area (Å²) < 4.78 is 27.9. The average Bonchev–Trinajstić information content (AvgIpc) is 2.82. The standard InChI is InChI=1S/C28H34NO5P/c1-18(2)25-15-22(8-9-27(25)30)16-26-19(3)13-24(14-20(26)4)33-21(5)34-28(10-12-32-35-31)23-7-6-11-29-17-23/h6-9,11,13-15,17-18,21,28,30H,10,12,16H2,1-5H3/t21-,28-/m0/s1. The maximum absolute atomic E-state index is 10.6. The fourth-order valence-electron chi connectivity index (χ4n) is 4.21. The van der Waals surface area contributed by atoms with E-state index in [9.17, 15) is 9.67 Å². The Hall–Kier alpha value is -2.79. The van der Waals surface area contributed by atoms with Crippen molar-refractivity contribution in [2.45, 2.75) is 65.8 Å². The summed E-state index contributed by atoms with van der Waals surface area (Å²) in [5.74, 6) is 1.35. The third kappa shape index (κ3) is 7.60. The summed E-state index contributed by atoms with van der Waals surface area (Å²) in [6, 6.07) is 13.7. The number of aryl methyl sites for hydroxylation is 2. The van der Waals surface area contributed by atoms with Gasteiger partial charge >= 0.3 is 8.69 Å². The molecule has 186 valence electrons. The normalized spacial score (nSPS) is 13.2. The molecule has 0 radical (unpaired) electrons. The Kier molecular flexibility index (Phi) is 9.79. The predicted octanol–water partition coefficient (Wildman–Crippen LogP) is 7.21. The Morgan fingerprint density at radius 1 is 1.06 bits per heavy atom. The highest BCUT2D eigenvalue weighted by Gasteiger charge is 2.18. The van der Waals surface area contributed by atoms with Gasteiger partial charge in [-0.1, -0.05) is 32.0 Å². The molecule has 1 N–H and O–H groups in total. The minimum Gasteiger partial charge on any atom is -0.508 e. The summed E-state index contributed by atoms with van der Waals surface area (Å²) in [5, 5.41) is 10.1. The predicted molar refractivity (Wildman–Crippen MR) is 137 cm³/mol. The summed E-state index contributed by atoms with van der Waals surface area (Å²) >= 11 is 0. The largest absolute Gasteiger partial charge is 0.508 e. The molecule has 6 nitrogen and oxygen atoms in total. The molecule has 0 aliphatic rings. The average molecular weight is 496 g/mol. The van der Waals surface area contributed by atoms with E-state index in [0.29, 0.717) is 18.8 Å². The van der Waals surface area contributed by atoms with Crippen molar-refractivity contribution in [1.82, 2.24) is 4.98 Å². The van der Waals surface area contributed by atoms with Crippen molar-refractivity contribution in [3.8, 4) is 11.5 Å². The van der Waals surface area contributed by atoms with Crippen LogP contribution in [0.25, 0.3) is 0 Å². The van der Waals surface area contributed by atoms with E-state index in [2.05, 4.69) is 38.7 Å². The summed E-state index contributed by atoms with van der Waals surface area (Å²) in [5.41, 5.74) is 6.56. The quantitative estimate of drug-likeness (QED) is 0.162. The lowest BCUT2D eigenvalue weighted by molar-refractivity contribution is -0.114. The Balaban J connectivity index is 1.71. The fourth-order valence-corrected chi connectivity index (χ4v) is 4.39. The number of aromatic nitrogens is 1. The van der Waals surface area contributed by atoms with E-state index in [1.165, 1.54) is 11.1 Å². The SMILES string of the molecule is Cc1cc(O[C@H](C)O[C@@H](CCOP=O)c2cccnc2)cc(C)c1Cc1ccc(O)c(C(C)C)c1. The van der Waals surface area contributed by atoms with Crippen LogP contribution in [0, 0.1) is 13.8 Å². The van der Waals surface area contributed by atoms with Crippen LogP contribution in [-0.2, 0) is 20.2 Å². The van der Waals surface area contributed by atoms with Gasteiger partial charge in [0.2, 0.25) is 0 Å². The molecule has 0 bridgehead atoms. The highest BCUT2D eigenvalue weighted by atomic mass is 31.1. The molecule has 0 saturated heterocycles. The van der Waals surface area contributed by atoms with Crippen molar-refractivity contribution < 1.29 is 23.7 Å². The van der Waals surface area contributed by atoms with Gasteiger partial charge in [-0.25, -0.2) is 4.57 Å². The van der Waals surface area contributed by atoms with Crippen LogP contribution in [0.5, 0.6) is 11.5 Å². The van der Waals surface area contributed by atoms with Gasteiger partial charge in [-0.3, -0.25) is 9.51 Å². The molecule has 0 aliphatic heterocycles. The summed E-state index contributed by atoms with van der Waals surface area (Å²) in [6.07, 6.45) is 3.96. The number of rotatable bonds is 12. The molecular weight excluding hydrogens is 461 g/mol. The van der Waals surface area contributed by atoms with E-state index < -0.39 is 6.29 Å². The molecule has 0 amide bonds. The Labute approximate surface area is 209 Å². The number of phenolic OH excluding ortho intramolecular Hbond substituents is 1. The highest BCUT2D eigenvalue weighted by molar-refractivity contribution is 7.17. The van der Waals surface area contributed by atoms with Crippen LogP contribution in [-0.4, -0.2) is 23.0 Å². The van der Waals surface area contributed by atoms with E-state index >= 15 is 0 Å². The lowest BCUT2D eigenvalue weighted by atomic mass is 9.93. The van der Waals surface area contributed by atoms with E-state index in [4.69, 9.17) is 14.0 Å². The van der Waals surface area contributed by atoms with Crippen molar-refractivity contribution in [1.29, 1.82) is 0 Å². The van der Waals surface area contributed by atoms with Gasteiger partial charge in [0.05, 0.1) is 12.7 Å². The first-order chi connectivity index (χ1) is 16.8. The Morgan fingerprint density at radius 3 is 2.43 bits per heavy atom. The first kappa shape index (κ1) is 26.8. The topological polar surface area (TPSA) is 77.9 Å². The molecule has 2 aromatic carbocycles. The molecule has 3 rings (SSSR count). The van der Waals surface area contributed by atoms with Crippen LogP contribution in [0.3, 0.4) is 0 Å². The molecule has 3 aromatic rings. The minimum absolute atomic E-state index is 0.261. The van der Waals surface area contributed by atoms with E-state index in [1.54, 1.807) is 18.5 Å². The number of benzene rings is 2. The van der Waals surface area contributed by atoms with Gasteiger partial charge in [-0.2, -0.15) is 0 Å². The van der Waals surface area contributed by atoms with Crippen molar-refractivity contribution in [3.05, 3.63) is 88.2 Å². The van der Waals surface area contributed by atoms with Gasteiger partial charge in [0.25, 0.3) is 0 Å². The van der Waals surface area contributed by atoms with Gasteiger partial charge < -0.3 is 14.6 Å². The zero-order chi connectivity index (χ0) is 25.4. The monoisotopic (exact) mass is 495 g/mol. The molecule has 0 aliphatic carbocycles. The molecule has 1 heterocycles. The van der Waals surface area contributed by atoms with Crippen LogP contribution in [0.4, 0.5) is 0 Å². The fraction of sp³-hybridized carbons (Fsp3) is 0.393. The van der Waals surface area contributed by atoms with Gasteiger partial charge in [0.1, 0.15) is 11.5 Å². The van der Waals surface area contributed by atoms with Crippen molar-refractivity contribution >= 4 is 8.69 Å². The lowest BCUT2D eigenvalue weighted by Crippen LogP contribution is -2.21. The van der Waals surface area contributed by atoms with Crippen LogP contribution >= 0.6 is 8.69 Å². The number of ether oxygens (including phenoxy) is 2. The van der Waals surface area contributed by atoms with E-state index in [0.717, 1.165) is 34.4 Å². The van der Waals surface area contributed by atoms with Crippen molar-refractivity contribution in [2.24, 2.45) is 0 Å². The molecule has 2 atom stereocenters. The molecule has 1 aromatic heterocycles. The van der Waals surface area contributed by atoms with E-state index in [1.807, 2.05) is 37.3 Å². The number of hydrogen-bond donors (Lipinski definition) is 1. The second-order valence-corrected chi connectivity index (χ2v) is 9.46.